The third-order valence-corrected chi connectivity index (χ3v) is 5.44. The zero-order chi connectivity index (χ0) is 17.4. The molecule has 1 unspecified atom stereocenters. The highest BCUT2D eigenvalue weighted by atomic mass is 16.6. The summed E-state index contributed by atoms with van der Waals surface area (Å²) in [5.74, 6) is 0.728. The lowest BCUT2D eigenvalue weighted by atomic mass is 9.87. The second kappa shape index (κ2) is 6.40. The van der Waals surface area contributed by atoms with Gasteiger partial charge in [-0.1, -0.05) is 6.92 Å². The van der Waals surface area contributed by atoms with Crippen molar-refractivity contribution >= 4 is 11.8 Å². The minimum Gasteiger partial charge on any atom is -0.468 e. The number of hydrogen-bond acceptors (Lipinski definition) is 6. The monoisotopic (exact) mass is 345 g/mol. The molecule has 1 atom stereocenters. The molecular weight excluding hydrogens is 322 g/mol. The first-order valence-electron chi connectivity index (χ1n) is 8.86. The van der Waals surface area contributed by atoms with Crippen LogP contribution in [0.4, 0.5) is 5.69 Å². The van der Waals surface area contributed by atoms with Gasteiger partial charge in [0.15, 0.2) is 5.72 Å². The Morgan fingerprint density at radius 1 is 1.28 bits per heavy atom. The van der Waals surface area contributed by atoms with Crippen LogP contribution in [0.3, 0.4) is 0 Å². The number of rotatable bonds is 3. The van der Waals surface area contributed by atoms with E-state index in [0.717, 1.165) is 50.5 Å². The number of nitro groups is 1. The van der Waals surface area contributed by atoms with E-state index in [1.165, 1.54) is 11.6 Å². The van der Waals surface area contributed by atoms with Gasteiger partial charge in [-0.15, -0.1) is 0 Å². The minimum atomic E-state index is -0.446. The number of likely N-dealkylation sites (N-methyl/N-ethyl adjacent to an activating group) is 1. The van der Waals surface area contributed by atoms with Crippen molar-refractivity contribution < 1.29 is 14.4 Å². The molecule has 25 heavy (non-hydrogen) atoms. The van der Waals surface area contributed by atoms with Crippen LogP contribution < -0.4 is 4.74 Å². The molecular formula is C18H23N3O4. The standard InChI is InChI=1S/C18H23N3O4/c1-2-19-6-5-18(20-7-9-24-10-8-20)15(13-19)11-14-12-16(21(22)23)3-4-17(14)25-18/h3-4,11-12H,2,5-10,13H2,1H3. The molecule has 4 rings (SSSR count). The number of piperidine rings is 1. The molecule has 134 valence electrons. The molecule has 1 aromatic rings. The van der Waals surface area contributed by atoms with Crippen LogP contribution in [0.1, 0.15) is 18.9 Å². The Kier molecular flexibility index (Phi) is 4.23. The van der Waals surface area contributed by atoms with Crippen LogP contribution >= 0.6 is 0 Å². The van der Waals surface area contributed by atoms with Crippen molar-refractivity contribution in [2.75, 3.05) is 45.9 Å². The number of ether oxygens (including phenoxy) is 2. The van der Waals surface area contributed by atoms with E-state index < -0.39 is 5.72 Å². The van der Waals surface area contributed by atoms with Crippen molar-refractivity contribution in [2.24, 2.45) is 0 Å². The van der Waals surface area contributed by atoms with E-state index >= 15 is 0 Å². The normalized spacial score (nSPS) is 27.0. The predicted molar refractivity (Wildman–Crippen MR) is 93.6 cm³/mol. The predicted octanol–water partition coefficient (Wildman–Crippen LogP) is 2.12. The maximum absolute atomic E-state index is 11.1. The third-order valence-electron chi connectivity index (χ3n) is 5.44. The second-order valence-corrected chi connectivity index (χ2v) is 6.75. The van der Waals surface area contributed by atoms with Crippen molar-refractivity contribution in [2.45, 2.75) is 19.1 Å². The Hall–Kier alpha value is -1.96. The first-order chi connectivity index (χ1) is 12.1. The Morgan fingerprint density at radius 2 is 2.08 bits per heavy atom. The van der Waals surface area contributed by atoms with Gasteiger partial charge in [-0.05, 0) is 18.7 Å². The number of non-ortho nitro benzene ring substituents is 1. The molecule has 1 aromatic carbocycles. The van der Waals surface area contributed by atoms with E-state index in [1.54, 1.807) is 12.1 Å². The molecule has 0 N–H and O–H groups in total. The van der Waals surface area contributed by atoms with Crippen molar-refractivity contribution in [1.82, 2.24) is 9.80 Å². The summed E-state index contributed by atoms with van der Waals surface area (Å²) in [6.07, 6.45) is 2.99. The fourth-order valence-corrected chi connectivity index (χ4v) is 4.03. The molecule has 7 heteroatoms. The molecule has 2 fully saturated rings. The van der Waals surface area contributed by atoms with Crippen molar-refractivity contribution in [1.29, 1.82) is 0 Å². The first kappa shape index (κ1) is 16.5. The zero-order valence-electron chi connectivity index (χ0n) is 14.4. The number of nitrogens with zero attached hydrogens (tertiary/aromatic N) is 3. The molecule has 2 saturated heterocycles. The zero-order valence-corrected chi connectivity index (χ0v) is 14.4. The van der Waals surface area contributed by atoms with Crippen LogP contribution in [-0.2, 0) is 4.74 Å². The van der Waals surface area contributed by atoms with Gasteiger partial charge >= 0.3 is 0 Å². The topological polar surface area (TPSA) is 68.1 Å². The highest BCUT2D eigenvalue weighted by Crippen LogP contribution is 2.43. The van der Waals surface area contributed by atoms with Gasteiger partial charge < -0.3 is 9.47 Å². The van der Waals surface area contributed by atoms with Gasteiger partial charge in [0.05, 0.1) is 18.1 Å². The lowest BCUT2D eigenvalue weighted by molar-refractivity contribution is -0.384. The Bertz CT molecular complexity index is 714. The minimum absolute atomic E-state index is 0.0984. The average Bonchev–Trinajstić information content (AvgIpc) is 2.66. The highest BCUT2D eigenvalue weighted by molar-refractivity contribution is 5.67. The molecule has 0 saturated carbocycles. The van der Waals surface area contributed by atoms with Gasteiger partial charge in [-0.2, -0.15) is 0 Å². The van der Waals surface area contributed by atoms with E-state index in [2.05, 4.69) is 22.8 Å². The molecule has 3 aliphatic heterocycles. The number of nitro benzene ring substituents is 1. The number of fused-ring (bicyclic) bond motifs is 2. The van der Waals surface area contributed by atoms with Crippen LogP contribution in [-0.4, -0.2) is 66.4 Å². The Balaban J connectivity index is 1.75. The first-order valence-corrected chi connectivity index (χ1v) is 8.86. The number of morpholine rings is 1. The van der Waals surface area contributed by atoms with E-state index in [4.69, 9.17) is 9.47 Å². The van der Waals surface area contributed by atoms with Crippen molar-refractivity contribution in [3.05, 3.63) is 39.4 Å². The van der Waals surface area contributed by atoms with Gasteiger partial charge in [0.2, 0.25) is 0 Å². The van der Waals surface area contributed by atoms with Crippen molar-refractivity contribution in [3.63, 3.8) is 0 Å². The Labute approximate surface area is 147 Å². The molecule has 0 amide bonds. The lowest BCUT2D eigenvalue weighted by Gasteiger charge is -2.52. The lowest BCUT2D eigenvalue weighted by Crippen LogP contribution is -2.63. The van der Waals surface area contributed by atoms with Gasteiger partial charge in [-0.25, -0.2) is 0 Å². The maximum Gasteiger partial charge on any atom is 0.270 e. The fraction of sp³-hybridized carbons (Fsp3) is 0.556. The van der Waals surface area contributed by atoms with Gasteiger partial charge in [-0.3, -0.25) is 19.9 Å². The van der Waals surface area contributed by atoms with E-state index in [0.29, 0.717) is 13.2 Å². The molecule has 0 spiro atoms. The van der Waals surface area contributed by atoms with Crippen LogP contribution in [0.2, 0.25) is 0 Å². The van der Waals surface area contributed by atoms with Crippen LogP contribution in [0.15, 0.2) is 23.8 Å². The summed E-state index contributed by atoms with van der Waals surface area (Å²) >= 11 is 0. The number of benzene rings is 1. The summed E-state index contributed by atoms with van der Waals surface area (Å²) in [4.78, 5) is 15.5. The van der Waals surface area contributed by atoms with E-state index in [1.807, 2.05) is 0 Å². The Morgan fingerprint density at radius 3 is 2.80 bits per heavy atom. The van der Waals surface area contributed by atoms with Crippen LogP contribution in [0.5, 0.6) is 5.75 Å². The van der Waals surface area contributed by atoms with Gasteiger partial charge in [0, 0.05) is 55.9 Å². The molecule has 7 nitrogen and oxygen atoms in total. The highest BCUT2D eigenvalue weighted by Gasteiger charge is 2.48. The van der Waals surface area contributed by atoms with Crippen LogP contribution in [0, 0.1) is 10.1 Å². The fourth-order valence-electron chi connectivity index (χ4n) is 4.03. The van der Waals surface area contributed by atoms with Gasteiger partial charge in [0.1, 0.15) is 5.75 Å². The molecule has 3 heterocycles. The molecule has 0 bridgehead atoms. The average molecular weight is 345 g/mol. The summed E-state index contributed by atoms with van der Waals surface area (Å²) in [5, 5.41) is 11.1. The molecule has 0 aromatic heterocycles. The summed E-state index contributed by atoms with van der Waals surface area (Å²) in [6.45, 7) is 8.05. The van der Waals surface area contributed by atoms with E-state index in [-0.39, 0.29) is 10.6 Å². The summed E-state index contributed by atoms with van der Waals surface area (Å²) in [7, 11) is 0. The van der Waals surface area contributed by atoms with Crippen molar-refractivity contribution in [3.8, 4) is 5.75 Å². The smallest absolute Gasteiger partial charge is 0.270 e. The number of hydrogen-bond donors (Lipinski definition) is 0. The molecule has 0 radical (unpaired) electrons. The number of likely N-dealkylation sites (tertiary alicyclic amines) is 1. The quantitative estimate of drug-likeness (QED) is 0.617. The van der Waals surface area contributed by atoms with E-state index in [9.17, 15) is 10.1 Å². The largest absolute Gasteiger partial charge is 0.468 e. The van der Waals surface area contributed by atoms with Crippen LogP contribution in [0.25, 0.3) is 6.08 Å². The molecule has 3 aliphatic rings. The van der Waals surface area contributed by atoms with Gasteiger partial charge in [0.25, 0.3) is 5.69 Å². The molecule has 0 aliphatic carbocycles. The summed E-state index contributed by atoms with van der Waals surface area (Å²) < 4.78 is 12.1. The summed E-state index contributed by atoms with van der Waals surface area (Å²) in [5.41, 5.74) is 1.64. The SMILES string of the molecule is CCN1CCC2(N3CCOCC3)Oc3ccc([N+](=O)[O-])cc3C=C2C1. The summed E-state index contributed by atoms with van der Waals surface area (Å²) in [6, 6.07) is 4.86. The third kappa shape index (κ3) is 2.82. The maximum atomic E-state index is 11.1. The second-order valence-electron chi connectivity index (χ2n) is 6.75.